The van der Waals surface area contributed by atoms with Crippen LogP contribution in [-0.4, -0.2) is 23.4 Å². The van der Waals surface area contributed by atoms with E-state index in [9.17, 15) is 4.79 Å². The summed E-state index contributed by atoms with van der Waals surface area (Å²) in [7, 11) is 0. The number of rotatable bonds is 4. The lowest BCUT2D eigenvalue weighted by molar-refractivity contribution is -0.132. The van der Waals surface area contributed by atoms with E-state index in [0.717, 1.165) is 9.21 Å². The van der Waals surface area contributed by atoms with Crippen molar-refractivity contribution in [3.8, 4) is 0 Å². The second-order valence-electron chi connectivity index (χ2n) is 3.35. The Balaban J connectivity index is 0.00000225. The standard InChI is InChI=1S/C10H15ClN2OS.ClH/c1-3-13(10(14)7(2)12)6-8-4-5-9(11)15-8;/h4-5,7H,3,6,12H2,1-2H3;1H/t7-;/m0./s1. The molecule has 0 aliphatic carbocycles. The third-order valence-corrected chi connectivity index (χ3v) is 3.27. The number of nitrogens with zero attached hydrogens (tertiary/aromatic N) is 1. The van der Waals surface area contributed by atoms with E-state index in [2.05, 4.69) is 0 Å². The van der Waals surface area contributed by atoms with Crippen LogP contribution in [0.1, 0.15) is 18.7 Å². The fourth-order valence-electron chi connectivity index (χ4n) is 1.26. The lowest BCUT2D eigenvalue weighted by Crippen LogP contribution is -2.41. The Morgan fingerprint density at radius 2 is 2.25 bits per heavy atom. The number of carbonyl (C=O) groups excluding carboxylic acids is 1. The van der Waals surface area contributed by atoms with Crippen LogP contribution in [0, 0.1) is 0 Å². The average Bonchev–Trinajstić information content (AvgIpc) is 2.59. The Morgan fingerprint density at radius 1 is 1.62 bits per heavy atom. The lowest BCUT2D eigenvalue weighted by atomic mass is 10.3. The number of amides is 1. The van der Waals surface area contributed by atoms with E-state index in [1.54, 1.807) is 11.8 Å². The van der Waals surface area contributed by atoms with Crippen LogP contribution in [-0.2, 0) is 11.3 Å². The van der Waals surface area contributed by atoms with Gasteiger partial charge >= 0.3 is 0 Å². The predicted octanol–water partition coefficient (Wildman–Crippen LogP) is 2.52. The molecule has 0 fully saturated rings. The molecule has 0 spiro atoms. The van der Waals surface area contributed by atoms with E-state index < -0.39 is 6.04 Å². The van der Waals surface area contributed by atoms with Gasteiger partial charge in [-0.05, 0) is 26.0 Å². The molecule has 1 amide bonds. The number of halogens is 2. The molecule has 16 heavy (non-hydrogen) atoms. The van der Waals surface area contributed by atoms with Crippen LogP contribution in [0.5, 0.6) is 0 Å². The lowest BCUT2D eigenvalue weighted by Gasteiger charge is -2.21. The summed E-state index contributed by atoms with van der Waals surface area (Å²) in [4.78, 5) is 14.5. The molecule has 1 heterocycles. The highest BCUT2D eigenvalue weighted by molar-refractivity contribution is 7.16. The third-order valence-electron chi connectivity index (χ3n) is 2.06. The van der Waals surface area contributed by atoms with Gasteiger partial charge in [-0.15, -0.1) is 23.7 Å². The molecular formula is C10H16Cl2N2OS. The van der Waals surface area contributed by atoms with Gasteiger partial charge in [0, 0.05) is 11.4 Å². The topological polar surface area (TPSA) is 46.3 Å². The molecule has 2 N–H and O–H groups in total. The number of likely N-dealkylation sites (N-methyl/N-ethyl adjacent to an activating group) is 1. The molecule has 0 aliphatic rings. The van der Waals surface area contributed by atoms with E-state index in [1.807, 2.05) is 19.1 Å². The minimum absolute atomic E-state index is 0. The molecule has 1 rings (SSSR count). The largest absolute Gasteiger partial charge is 0.336 e. The van der Waals surface area contributed by atoms with Crippen LogP contribution >= 0.6 is 35.3 Å². The van der Waals surface area contributed by atoms with Crippen LogP contribution in [0.25, 0.3) is 0 Å². The molecule has 0 saturated heterocycles. The van der Waals surface area contributed by atoms with Gasteiger partial charge in [0.1, 0.15) is 0 Å². The first-order valence-corrected chi connectivity index (χ1v) is 6.02. The summed E-state index contributed by atoms with van der Waals surface area (Å²) >= 11 is 7.31. The zero-order valence-corrected chi connectivity index (χ0v) is 11.7. The molecule has 0 aliphatic heterocycles. The highest BCUT2D eigenvalue weighted by Gasteiger charge is 2.16. The second-order valence-corrected chi connectivity index (χ2v) is 5.15. The van der Waals surface area contributed by atoms with Crippen molar-refractivity contribution >= 4 is 41.3 Å². The Hall–Kier alpha value is -0.290. The first-order chi connectivity index (χ1) is 7.04. The highest BCUT2D eigenvalue weighted by atomic mass is 35.5. The first kappa shape index (κ1) is 15.7. The molecule has 1 atom stereocenters. The Morgan fingerprint density at radius 3 is 2.62 bits per heavy atom. The van der Waals surface area contributed by atoms with Crippen molar-refractivity contribution in [2.45, 2.75) is 26.4 Å². The van der Waals surface area contributed by atoms with Crippen molar-refractivity contribution in [3.05, 3.63) is 21.3 Å². The van der Waals surface area contributed by atoms with Gasteiger partial charge in [0.2, 0.25) is 5.91 Å². The van der Waals surface area contributed by atoms with Crippen molar-refractivity contribution in [1.29, 1.82) is 0 Å². The highest BCUT2D eigenvalue weighted by Crippen LogP contribution is 2.22. The molecule has 6 heteroatoms. The third kappa shape index (κ3) is 4.29. The van der Waals surface area contributed by atoms with E-state index in [4.69, 9.17) is 17.3 Å². The van der Waals surface area contributed by atoms with Gasteiger partial charge in [-0.1, -0.05) is 11.6 Å². The second kappa shape index (κ2) is 7.12. The maximum Gasteiger partial charge on any atom is 0.239 e. The Labute approximate surface area is 111 Å². The van der Waals surface area contributed by atoms with E-state index in [-0.39, 0.29) is 18.3 Å². The summed E-state index contributed by atoms with van der Waals surface area (Å²) in [5.74, 6) is -0.0259. The van der Waals surface area contributed by atoms with Gasteiger partial charge < -0.3 is 10.6 Å². The minimum atomic E-state index is -0.444. The van der Waals surface area contributed by atoms with Crippen LogP contribution in [0.15, 0.2) is 12.1 Å². The Bertz CT molecular complexity index is 341. The van der Waals surface area contributed by atoms with Gasteiger partial charge in [0.25, 0.3) is 0 Å². The number of hydrogen-bond acceptors (Lipinski definition) is 3. The smallest absolute Gasteiger partial charge is 0.239 e. The number of carbonyl (C=O) groups is 1. The van der Waals surface area contributed by atoms with Crippen molar-refractivity contribution in [2.24, 2.45) is 5.73 Å². The van der Waals surface area contributed by atoms with Crippen LogP contribution in [0.3, 0.4) is 0 Å². The zero-order valence-electron chi connectivity index (χ0n) is 9.27. The minimum Gasteiger partial charge on any atom is -0.336 e. The first-order valence-electron chi connectivity index (χ1n) is 4.83. The predicted molar refractivity (Wildman–Crippen MR) is 71.3 cm³/mol. The maximum atomic E-state index is 11.7. The Kier molecular flexibility index (Phi) is 6.99. The summed E-state index contributed by atoms with van der Waals surface area (Å²) in [6.45, 7) is 4.89. The quantitative estimate of drug-likeness (QED) is 0.923. The summed E-state index contributed by atoms with van der Waals surface area (Å²) in [5.41, 5.74) is 5.56. The van der Waals surface area contributed by atoms with Gasteiger partial charge in [-0.2, -0.15) is 0 Å². The molecule has 0 aromatic carbocycles. The average molecular weight is 283 g/mol. The fraction of sp³-hybridized carbons (Fsp3) is 0.500. The zero-order chi connectivity index (χ0) is 11.4. The van der Waals surface area contributed by atoms with Gasteiger partial charge in [-0.3, -0.25) is 4.79 Å². The number of hydrogen-bond donors (Lipinski definition) is 1. The van der Waals surface area contributed by atoms with Crippen molar-refractivity contribution < 1.29 is 4.79 Å². The molecule has 0 unspecified atom stereocenters. The van der Waals surface area contributed by atoms with E-state index in [0.29, 0.717) is 13.1 Å². The SMILES string of the molecule is CCN(Cc1ccc(Cl)s1)C(=O)[C@H](C)N.Cl. The molecule has 3 nitrogen and oxygen atoms in total. The van der Waals surface area contributed by atoms with Crippen molar-refractivity contribution in [3.63, 3.8) is 0 Å². The fourth-order valence-corrected chi connectivity index (χ4v) is 2.36. The summed E-state index contributed by atoms with van der Waals surface area (Å²) in [5, 5.41) is 0. The summed E-state index contributed by atoms with van der Waals surface area (Å²) in [6.07, 6.45) is 0. The molecule has 0 radical (unpaired) electrons. The molecule has 1 aromatic rings. The van der Waals surface area contributed by atoms with Crippen LogP contribution < -0.4 is 5.73 Å². The molecule has 92 valence electrons. The molecule has 0 saturated carbocycles. The molecular weight excluding hydrogens is 267 g/mol. The maximum absolute atomic E-state index is 11.7. The molecule has 0 bridgehead atoms. The molecule has 1 aromatic heterocycles. The van der Waals surface area contributed by atoms with Gasteiger partial charge in [-0.25, -0.2) is 0 Å². The summed E-state index contributed by atoms with van der Waals surface area (Å²) in [6, 6.07) is 3.33. The van der Waals surface area contributed by atoms with E-state index >= 15 is 0 Å². The number of thiophene rings is 1. The normalized spacial score (nSPS) is 11.8. The van der Waals surface area contributed by atoms with Gasteiger partial charge in [0.05, 0.1) is 16.9 Å². The monoisotopic (exact) mass is 282 g/mol. The van der Waals surface area contributed by atoms with E-state index in [1.165, 1.54) is 11.3 Å². The summed E-state index contributed by atoms with van der Waals surface area (Å²) < 4.78 is 0.745. The van der Waals surface area contributed by atoms with Crippen molar-refractivity contribution in [1.82, 2.24) is 4.90 Å². The number of nitrogens with two attached hydrogens (primary N) is 1. The van der Waals surface area contributed by atoms with Crippen LogP contribution in [0.4, 0.5) is 0 Å². The van der Waals surface area contributed by atoms with Crippen molar-refractivity contribution in [2.75, 3.05) is 6.54 Å². The van der Waals surface area contributed by atoms with Gasteiger partial charge in [0.15, 0.2) is 0 Å². The van der Waals surface area contributed by atoms with Crippen LogP contribution in [0.2, 0.25) is 4.34 Å².